The Kier molecular flexibility index (Phi) is 32.4. The maximum Gasteiger partial charge on any atom is 0.378 e. The van der Waals surface area contributed by atoms with Gasteiger partial charge in [0.05, 0.1) is 5.92 Å². The van der Waals surface area contributed by atoms with Gasteiger partial charge in [-0.3, -0.25) is 19.2 Å². The molecule has 8 heteroatoms. The van der Waals surface area contributed by atoms with Crippen molar-refractivity contribution in [1.29, 1.82) is 0 Å². The van der Waals surface area contributed by atoms with Gasteiger partial charge < -0.3 is 0 Å². The van der Waals surface area contributed by atoms with Gasteiger partial charge in [0.1, 0.15) is 5.92 Å². The monoisotopic (exact) mass is 909 g/mol. The lowest BCUT2D eigenvalue weighted by atomic mass is 9.54. The third-order valence-electron chi connectivity index (χ3n) is 11.4. The summed E-state index contributed by atoms with van der Waals surface area (Å²) in [7, 11) is 0. The fourth-order valence-electron chi connectivity index (χ4n) is 7.58. The molecule has 8 nitrogen and oxygen atoms in total. The average molecular weight is 909 g/mol. The molecule has 0 spiro atoms. The molecule has 0 saturated heterocycles. The molecule has 0 aromatic rings. The number of hydrogen-bond donors (Lipinski definition) is 0. The van der Waals surface area contributed by atoms with E-state index < -0.39 is 52.3 Å². The minimum absolute atomic E-state index is 0.115. The van der Waals surface area contributed by atoms with E-state index in [0.717, 1.165) is 100 Å². The van der Waals surface area contributed by atoms with Crippen LogP contribution in [0, 0.1) is 17.3 Å². The van der Waals surface area contributed by atoms with Gasteiger partial charge in [-0.25, -0.2) is 19.4 Å². The fourth-order valence-corrected chi connectivity index (χ4v) is 7.58. The summed E-state index contributed by atoms with van der Waals surface area (Å²) in [6.45, 7) is 15.7. The molecule has 0 aromatic heterocycles. The van der Waals surface area contributed by atoms with E-state index in [4.69, 9.17) is 9.78 Å². The Morgan fingerprint density at radius 2 is 1.00 bits per heavy atom. The summed E-state index contributed by atoms with van der Waals surface area (Å²) in [4.78, 5) is 92.4. The van der Waals surface area contributed by atoms with E-state index in [0.29, 0.717) is 44.1 Å². The van der Waals surface area contributed by atoms with Crippen LogP contribution in [0.4, 0.5) is 0 Å². The lowest BCUT2D eigenvalue weighted by molar-refractivity contribution is -0.269. The molecule has 3 unspecified atom stereocenters. The van der Waals surface area contributed by atoms with Gasteiger partial charge in [-0.15, -0.1) is 0 Å². The Morgan fingerprint density at radius 1 is 0.545 bits per heavy atom. The van der Waals surface area contributed by atoms with Gasteiger partial charge in [-0.2, -0.15) is 0 Å². The van der Waals surface area contributed by atoms with Crippen molar-refractivity contribution in [3.05, 3.63) is 120 Å². The van der Waals surface area contributed by atoms with E-state index >= 15 is 0 Å². The van der Waals surface area contributed by atoms with Crippen LogP contribution in [0.15, 0.2) is 120 Å². The summed E-state index contributed by atoms with van der Waals surface area (Å²) >= 11 is 0. The average Bonchev–Trinajstić information content (AvgIpc) is 3.27. The molecule has 0 amide bonds. The van der Waals surface area contributed by atoms with E-state index in [1.165, 1.54) is 12.2 Å². The van der Waals surface area contributed by atoms with Crippen LogP contribution in [0.3, 0.4) is 0 Å². The maximum atomic E-state index is 14.1. The van der Waals surface area contributed by atoms with Crippen molar-refractivity contribution in [3.8, 4) is 0 Å². The third-order valence-corrected chi connectivity index (χ3v) is 11.4. The molecule has 364 valence electrons. The molecular formula is C58H84O8. The molecule has 3 atom stereocenters. The van der Waals surface area contributed by atoms with Crippen LogP contribution in [0.5, 0.6) is 0 Å². The van der Waals surface area contributed by atoms with Gasteiger partial charge in [0.2, 0.25) is 17.0 Å². The Morgan fingerprint density at radius 3 is 1.50 bits per heavy atom. The van der Waals surface area contributed by atoms with Crippen LogP contribution in [0.1, 0.15) is 190 Å². The maximum absolute atomic E-state index is 14.1. The largest absolute Gasteiger partial charge is 0.378 e. The first-order valence-corrected chi connectivity index (χ1v) is 24.8. The van der Waals surface area contributed by atoms with Crippen LogP contribution < -0.4 is 0 Å². The number of carbonyl (C=O) groups is 6. The molecule has 0 heterocycles. The van der Waals surface area contributed by atoms with Gasteiger partial charge in [-0.1, -0.05) is 153 Å². The predicted molar refractivity (Wildman–Crippen MR) is 271 cm³/mol. The van der Waals surface area contributed by atoms with Gasteiger partial charge in [-0.05, 0) is 156 Å². The number of carbonyl (C=O) groups excluding carboxylic acids is 6. The number of rotatable bonds is 35. The van der Waals surface area contributed by atoms with Gasteiger partial charge in [0.25, 0.3) is 0 Å². The molecule has 0 bridgehead atoms. The topological polar surface area (TPSA) is 121 Å². The molecule has 1 rings (SSSR count). The minimum atomic E-state index is -2.47. The summed E-state index contributed by atoms with van der Waals surface area (Å²) in [5, 5.41) is 0. The highest BCUT2D eigenvalue weighted by Crippen LogP contribution is 2.46. The summed E-state index contributed by atoms with van der Waals surface area (Å²) in [5.74, 6) is -8.30. The highest BCUT2D eigenvalue weighted by Gasteiger charge is 2.72. The van der Waals surface area contributed by atoms with E-state index in [2.05, 4.69) is 92.8 Å². The van der Waals surface area contributed by atoms with Crippen molar-refractivity contribution in [2.45, 2.75) is 190 Å². The first-order chi connectivity index (χ1) is 31.7. The normalized spacial score (nSPS) is 17.4. The van der Waals surface area contributed by atoms with Crippen LogP contribution >= 0.6 is 0 Å². The number of unbranched alkanes of at least 4 members (excludes halogenated alkanes) is 7. The number of allylic oxidation sites excluding steroid dienone is 20. The van der Waals surface area contributed by atoms with E-state index in [1.807, 2.05) is 40.7 Å². The van der Waals surface area contributed by atoms with Crippen LogP contribution in [-0.4, -0.2) is 35.1 Å². The standard InChI is InChI=1S/C58H84O8/c1-9-11-13-15-17-19-21-23-25-26-28-30-32-34-42-50(52(59)44-48(7)40-36-38-46(3)4)56(63)65-66-57(64)58(53(60)45-49(8)41-37-39-47(5)6)51(54(61)55(58)62)43-35-33-31-29-27-24-22-20-18-16-14-12-10-2/h11-14,17-20,23-25,27,38-39,44-45,50-51H,9-10,15-16,21-22,26,28-37,40-43H2,1-8H3/b13-11-,14-12-,19-17-,20-18-,25-23-,27-24-,48-44+,49-45+. The SMILES string of the molecule is CC/C=C\C/C=C\C/C=C\CCCCCCC(C(=O)/C=C(\C)CCC=C(C)C)C(=O)OOC(=O)C1(C(=O)/C=C(\C)CCC=C(C)C)C(=O)C(=O)C1CCCCC/C=C\C/C=C\C/C=C\CC. The van der Waals surface area contributed by atoms with Crippen molar-refractivity contribution >= 4 is 35.1 Å². The van der Waals surface area contributed by atoms with Gasteiger partial charge in [0, 0.05) is 0 Å². The smallest absolute Gasteiger partial charge is 0.294 e. The lowest BCUT2D eigenvalue weighted by Crippen LogP contribution is -2.67. The number of hydrogen-bond acceptors (Lipinski definition) is 8. The van der Waals surface area contributed by atoms with E-state index in [1.54, 1.807) is 6.92 Å². The first-order valence-electron chi connectivity index (χ1n) is 24.8. The highest BCUT2D eigenvalue weighted by atomic mass is 17.2. The third kappa shape index (κ3) is 24.0. The van der Waals surface area contributed by atoms with Gasteiger partial charge in [0.15, 0.2) is 11.6 Å². The Hall–Kier alpha value is -4.98. The Balaban J connectivity index is 3.15. The molecule has 0 N–H and O–H groups in total. The second-order valence-electron chi connectivity index (χ2n) is 18.0. The van der Waals surface area contributed by atoms with Crippen LogP contribution in [0.25, 0.3) is 0 Å². The Bertz CT molecular complexity index is 1830. The zero-order chi connectivity index (χ0) is 49.0. The summed E-state index contributed by atoms with van der Waals surface area (Å²) < 4.78 is 0. The second-order valence-corrected chi connectivity index (χ2v) is 18.0. The lowest BCUT2D eigenvalue weighted by Gasteiger charge is -2.41. The number of Topliss-reactive ketones (excluding diaryl/α,β-unsaturated/α-hetero) is 2. The van der Waals surface area contributed by atoms with Crippen molar-refractivity contribution in [2.24, 2.45) is 17.3 Å². The Labute approximate surface area is 399 Å². The molecule has 0 aliphatic heterocycles. The highest BCUT2D eigenvalue weighted by molar-refractivity contribution is 6.57. The molecule has 1 aliphatic carbocycles. The van der Waals surface area contributed by atoms with E-state index in [9.17, 15) is 28.8 Å². The molecular weight excluding hydrogens is 825 g/mol. The van der Waals surface area contributed by atoms with Crippen molar-refractivity contribution < 1.29 is 38.5 Å². The quantitative estimate of drug-likeness (QED) is 0.0117. The molecule has 1 saturated carbocycles. The summed E-state index contributed by atoms with van der Waals surface area (Å²) in [5.41, 5.74) is 1.23. The summed E-state index contributed by atoms with van der Waals surface area (Å²) in [6, 6.07) is 0. The molecule has 66 heavy (non-hydrogen) atoms. The molecule has 1 aliphatic rings. The van der Waals surface area contributed by atoms with Crippen molar-refractivity contribution in [3.63, 3.8) is 0 Å². The molecule has 0 radical (unpaired) electrons. The zero-order valence-corrected chi connectivity index (χ0v) is 42.0. The fraction of sp³-hybridized carbons (Fsp3) is 0.552. The first kappa shape index (κ1) is 59.0. The van der Waals surface area contributed by atoms with Crippen molar-refractivity contribution in [2.75, 3.05) is 0 Å². The second kappa shape index (κ2) is 36.2. The zero-order valence-electron chi connectivity index (χ0n) is 42.0. The van der Waals surface area contributed by atoms with Gasteiger partial charge >= 0.3 is 11.9 Å². The van der Waals surface area contributed by atoms with Crippen LogP contribution in [-0.2, 0) is 38.5 Å². The summed E-state index contributed by atoms with van der Waals surface area (Å²) in [6.07, 6.45) is 48.0. The molecule has 1 fully saturated rings. The molecule has 0 aromatic carbocycles. The van der Waals surface area contributed by atoms with E-state index in [-0.39, 0.29) is 12.8 Å². The predicted octanol–water partition coefficient (Wildman–Crippen LogP) is 14.9. The number of ketones is 4. The van der Waals surface area contributed by atoms with Crippen molar-refractivity contribution in [1.82, 2.24) is 0 Å². The minimum Gasteiger partial charge on any atom is -0.294 e. The van der Waals surface area contributed by atoms with Crippen LogP contribution in [0.2, 0.25) is 0 Å².